The molecule has 3 rings (SSSR count). The van der Waals surface area contributed by atoms with Crippen LogP contribution in [0.25, 0.3) is 0 Å². The van der Waals surface area contributed by atoms with E-state index in [0.29, 0.717) is 12.6 Å². The molecule has 0 bridgehead atoms. The molecule has 1 aromatic heterocycles. The van der Waals surface area contributed by atoms with Gasteiger partial charge >= 0.3 is 0 Å². The monoisotopic (exact) mass is 497 g/mol. The first kappa shape index (κ1) is 22.5. The van der Waals surface area contributed by atoms with Crippen molar-refractivity contribution >= 4 is 35.6 Å². The van der Waals surface area contributed by atoms with Gasteiger partial charge in [0.1, 0.15) is 0 Å². The fourth-order valence-electron chi connectivity index (χ4n) is 3.40. The fraction of sp³-hybridized carbons (Fsp3) is 0.500. The third kappa shape index (κ3) is 6.10. The van der Waals surface area contributed by atoms with Gasteiger partial charge in [-0.05, 0) is 25.1 Å². The minimum Gasteiger partial charge on any atom is -0.369 e. The highest BCUT2D eigenvalue weighted by atomic mass is 127. The Morgan fingerprint density at radius 1 is 1.11 bits per heavy atom. The van der Waals surface area contributed by atoms with E-state index in [1.165, 1.54) is 5.69 Å². The van der Waals surface area contributed by atoms with Gasteiger partial charge in [-0.3, -0.25) is 14.6 Å². The van der Waals surface area contributed by atoms with Gasteiger partial charge in [0.15, 0.2) is 5.96 Å². The van der Waals surface area contributed by atoms with Crippen LogP contribution in [0.1, 0.15) is 12.6 Å². The van der Waals surface area contributed by atoms with Crippen LogP contribution in [-0.2, 0) is 13.6 Å². The molecule has 0 amide bonds. The van der Waals surface area contributed by atoms with Gasteiger partial charge in [-0.25, -0.2) is 0 Å². The number of aliphatic imine (C=N–C) groups is 1. The van der Waals surface area contributed by atoms with E-state index in [2.05, 4.69) is 67.8 Å². The first-order valence-electron chi connectivity index (χ1n) is 9.63. The Morgan fingerprint density at radius 3 is 2.43 bits per heavy atom. The SMILES string of the molecule is CN=C(NCc1ccnn1C)NCC(C)N1CCN(c2ccccc2)CC1.I. The van der Waals surface area contributed by atoms with Crippen LogP contribution in [0.4, 0.5) is 5.69 Å². The maximum absolute atomic E-state index is 4.32. The molecule has 0 radical (unpaired) electrons. The zero-order valence-electron chi connectivity index (χ0n) is 17.0. The Morgan fingerprint density at radius 2 is 1.82 bits per heavy atom. The van der Waals surface area contributed by atoms with E-state index in [1.807, 2.05) is 31.0 Å². The molecule has 0 spiro atoms. The molecule has 1 aliphatic heterocycles. The summed E-state index contributed by atoms with van der Waals surface area (Å²) in [5, 5.41) is 11.0. The number of nitrogens with one attached hydrogen (secondary N) is 2. The molecule has 2 aromatic rings. The number of nitrogens with zero attached hydrogens (tertiary/aromatic N) is 5. The average Bonchev–Trinajstić information content (AvgIpc) is 3.13. The summed E-state index contributed by atoms with van der Waals surface area (Å²) in [4.78, 5) is 9.33. The number of para-hydroxylation sites is 1. The number of piperazine rings is 1. The first-order valence-corrected chi connectivity index (χ1v) is 9.63. The fourth-order valence-corrected chi connectivity index (χ4v) is 3.40. The second-order valence-corrected chi connectivity index (χ2v) is 6.96. The van der Waals surface area contributed by atoms with Gasteiger partial charge in [-0.15, -0.1) is 24.0 Å². The van der Waals surface area contributed by atoms with Crippen LogP contribution in [0, 0.1) is 0 Å². The van der Waals surface area contributed by atoms with Crippen LogP contribution in [0.3, 0.4) is 0 Å². The van der Waals surface area contributed by atoms with Crippen molar-refractivity contribution in [2.24, 2.45) is 12.0 Å². The maximum Gasteiger partial charge on any atom is 0.191 e. The van der Waals surface area contributed by atoms with Crippen molar-refractivity contribution in [1.29, 1.82) is 0 Å². The van der Waals surface area contributed by atoms with Crippen molar-refractivity contribution in [2.45, 2.75) is 19.5 Å². The lowest BCUT2D eigenvalue weighted by atomic mass is 10.2. The number of benzene rings is 1. The van der Waals surface area contributed by atoms with Crippen molar-refractivity contribution in [3.63, 3.8) is 0 Å². The molecule has 0 saturated carbocycles. The van der Waals surface area contributed by atoms with E-state index in [4.69, 9.17) is 0 Å². The minimum atomic E-state index is 0. The lowest BCUT2D eigenvalue weighted by molar-refractivity contribution is 0.197. The van der Waals surface area contributed by atoms with E-state index in [-0.39, 0.29) is 24.0 Å². The molecular formula is C20H32IN7. The number of anilines is 1. The molecule has 0 aliphatic carbocycles. The first-order chi connectivity index (χ1) is 13.2. The van der Waals surface area contributed by atoms with E-state index in [1.54, 1.807) is 0 Å². The second-order valence-electron chi connectivity index (χ2n) is 6.96. The van der Waals surface area contributed by atoms with Gasteiger partial charge in [0.25, 0.3) is 0 Å². The van der Waals surface area contributed by atoms with E-state index >= 15 is 0 Å². The van der Waals surface area contributed by atoms with Gasteiger partial charge in [0, 0.05) is 64.7 Å². The van der Waals surface area contributed by atoms with Crippen LogP contribution >= 0.6 is 24.0 Å². The molecule has 2 N–H and O–H groups in total. The summed E-state index contributed by atoms with van der Waals surface area (Å²) < 4.78 is 1.87. The molecule has 1 atom stereocenters. The summed E-state index contributed by atoms with van der Waals surface area (Å²) in [7, 11) is 3.76. The highest BCUT2D eigenvalue weighted by molar-refractivity contribution is 14.0. The highest BCUT2D eigenvalue weighted by Gasteiger charge is 2.21. The van der Waals surface area contributed by atoms with Gasteiger partial charge in [-0.2, -0.15) is 5.10 Å². The van der Waals surface area contributed by atoms with Crippen LogP contribution in [0.2, 0.25) is 0 Å². The third-order valence-electron chi connectivity index (χ3n) is 5.21. The molecule has 8 heteroatoms. The normalized spacial score (nSPS) is 16.4. The zero-order chi connectivity index (χ0) is 19.1. The van der Waals surface area contributed by atoms with Gasteiger partial charge in [-0.1, -0.05) is 18.2 Å². The van der Waals surface area contributed by atoms with Crippen molar-refractivity contribution in [2.75, 3.05) is 44.7 Å². The van der Waals surface area contributed by atoms with Gasteiger partial charge in [0.2, 0.25) is 0 Å². The average molecular weight is 497 g/mol. The lowest BCUT2D eigenvalue weighted by Crippen LogP contribution is -2.53. The number of guanidine groups is 1. The van der Waals surface area contributed by atoms with Crippen molar-refractivity contribution < 1.29 is 0 Å². The molecule has 1 aliphatic rings. The summed E-state index contributed by atoms with van der Waals surface area (Å²) in [6.45, 7) is 8.16. The number of halogens is 1. The second kappa shape index (κ2) is 11.3. The quantitative estimate of drug-likeness (QED) is 0.363. The molecule has 1 fully saturated rings. The van der Waals surface area contributed by atoms with E-state index < -0.39 is 0 Å². The van der Waals surface area contributed by atoms with E-state index in [0.717, 1.165) is 44.4 Å². The Labute approximate surface area is 185 Å². The molecule has 7 nitrogen and oxygen atoms in total. The number of rotatable bonds is 6. The number of hydrogen-bond acceptors (Lipinski definition) is 4. The molecule has 2 heterocycles. The zero-order valence-corrected chi connectivity index (χ0v) is 19.3. The molecule has 1 unspecified atom stereocenters. The van der Waals surface area contributed by atoms with Gasteiger partial charge in [0.05, 0.1) is 12.2 Å². The van der Waals surface area contributed by atoms with Crippen LogP contribution in [0.15, 0.2) is 47.6 Å². The van der Waals surface area contributed by atoms with Crippen molar-refractivity contribution in [3.8, 4) is 0 Å². The Balaban J connectivity index is 0.00000280. The minimum absolute atomic E-state index is 0. The molecule has 1 aromatic carbocycles. The van der Waals surface area contributed by atoms with Gasteiger partial charge < -0.3 is 15.5 Å². The van der Waals surface area contributed by atoms with Crippen LogP contribution in [-0.4, -0.2) is 66.5 Å². The largest absolute Gasteiger partial charge is 0.369 e. The predicted octanol–water partition coefficient (Wildman–Crippen LogP) is 1.91. The summed E-state index contributed by atoms with van der Waals surface area (Å²) >= 11 is 0. The standard InChI is InChI=1S/C20H31N7.HI/c1-17(15-22-20(21-2)23-16-19-9-10-24-25(19)3)26-11-13-27(14-12-26)18-7-5-4-6-8-18;/h4-10,17H,11-16H2,1-3H3,(H2,21,22,23);1H. The Bertz CT molecular complexity index is 723. The molecule has 1 saturated heterocycles. The lowest BCUT2D eigenvalue weighted by Gasteiger charge is -2.39. The molecule has 154 valence electrons. The summed E-state index contributed by atoms with van der Waals surface area (Å²) in [6, 6.07) is 13.1. The third-order valence-corrected chi connectivity index (χ3v) is 5.21. The maximum atomic E-state index is 4.32. The van der Waals surface area contributed by atoms with Crippen LogP contribution in [0.5, 0.6) is 0 Å². The molecular weight excluding hydrogens is 465 g/mol. The molecule has 28 heavy (non-hydrogen) atoms. The topological polar surface area (TPSA) is 60.7 Å². The number of aryl methyl sites for hydroxylation is 1. The predicted molar refractivity (Wildman–Crippen MR) is 127 cm³/mol. The van der Waals surface area contributed by atoms with E-state index in [9.17, 15) is 0 Å². The summed E-state index contributed by atoms with van der Waals surface area (Å²) in [5.74, 6) is 0.825. The number of hydrogen-bond donors (Lipinski definition) is 2. The summed E-state index contributed by atoms with van der Waals surface area (Å²) in [6.07, 6.45) is 1.81. The van der Waals surface area contributed by atoms with Crippen molar-refractivity contribution in [3.05, 3.63) is 48.3 Å². The van der Waals surface area contributed by atoms with Crippen LogP contribution < -0.4 is 15.5 Å². The highest BCUT2D eigenvalue weighted by Crippen LogP contribution is 2.16. The summed E-state index contributed by atoms with van der Waals surface area (Å²) in [5.41, 5.74) is 2.45. The number of aromatic nitrogens is 2. The Kier molecular flexibility index (Phi) is 9.04. The Hall–Kier alpha value is -1.81. The smallest absolute Gasteiger partial charge is 0.191 e. The van der Waals surface area contributed by atoms with Crippen molar-refractivity contribution in [1.82, 2.24) is 25.3 Å².